The number of ether oxygens (including phenoxy) is 1. The van der Waals surface area contributed by atoms with Crippen molar-refractivity contribution in [2.75, 3.05) is 13.2 Å². The van der Waals surface area contributed by atoms with Crippen LogP contribution in [0.4, 0.5) is 0 Å². The van der Waals surface area contributed by atoms with E-state index in [-0.39, 0.29) is 13.2 Å². The molecule has 0 aromatic heterocycles. The molecule has 0 saturated heterocycles. The van der Waals surface area contributed by atoms with Gasteiger partial charge >= 0.3 is 5.97 Å². The smallest absolute Gasteiger partial charge is 0.328 e. The Kier molecular flexibility index (Phi) is 6.41. The van der Waals surface area contributed by atoms with Crippen LogP contribution in [0.2, 0.25) is 0 Å². The zero-order valence-electron chi connectivity index (χ0n) is 11.1. The van der Waals surface area contributed by atoms with Gasteiger partial charge in [-0.05, 0) is 30.7 Å². The molecule has 1 rings (SSSR count). The van der Waals surface area contributed by atoms with E-state index in [0.29, 0.717) is 5.56 Å². The Hall–Kier alpha value is -1.66. The zero-order valence-corrected chi connectivity index (χ0v) is 12.6. The van der Waals surface area contributed by atoms with E-state index in [9.17, 15) is 9.59 Å². The molecule has 1 unspecified atom stereocenters. The third-order valence-electron chi connectivity index (χ3n) is 2.56. The number of halogens is 1. The maximum Gasteiger partial charge on any atom is 0.328 e. The molecule has 2 N–H and O–H groups in total. The average Bonchev–Trinajstić information content (AvgIpc) is 2.37. The number of nitrogens with one attached hydrogen (secondary N) is 1. The minimum absolute atomic E-state index is 0.108. The molecule has 0 heterocycles. The molecule has 0 aliphatic rings. The Balaban J connectivity index is 2.74. The van der Waals surface area contributed by atoms with Crippen LogP contribution >= 0.6 is 15.9 Å². The van der Waals surface area contributed by atoms with E-state index >= 15 is 0 Å². The summed E-state index contributed by atoms with van der Waals surface area (Å²) >= 11 is 3.31. The molecule has 1 aromatic rings. The second-order valence-corrected chi connectivity index (χ2v) is 5.07. The first kappa shape index (κ1) is 16.4. The lowest BCUT2D eigenvalue weighted by atomic mass is 10.1. The van der Waals surface area contributed by atoms with Crippen molar-refractivity contribution in [3.05, 3.63) is 46.5 Å². The van der Waals surface area contributed by atoms with Crippen LogP contribution in [0, 0.1) is 6.92 Å². The molecule has 0 bridgehead atoms. The first-order valence-electron chi connectivity index (χ1n) is 5.94. The number of rotatable bonds is 7. The van der Waals surface area contributed by atoms with E-state index in [1.807, 2.05) is 0 Å². The van der Waals surface area contributed by atoms with Crippen molar-refractivity contribution in [3.63, 3.8) is 0 Å². The van der Waals surface area contributed by atoms with Gasteiger partial charge in [-0.25, -0.2) is 4.79 Å². The van der Waals surface area contributed by atoms with Gasteiger partial charge in [-0.1, -0.05) is 22.0 Å². The van der Waals surface area contributed by atoms with Crippen LogP contribution < -0.4 is 5.32 Å². The molecule has 1 aromatic carbocycles. The van der Waals surface area contributed by atoms with Gasteiger partial charge in [0.05, 0.1) is 13.2 Å². The molecule has 108 valence electrons. The molecule has 6 heteroatoms. The number of carbonyl (C=O) groups is 2. The fourth-order valence-corrected chi connectivity index (χ4v) is 2.04. The number of hydrogen-bond donors (Lipinski definition) is 2. The largest absolute Gasteiger partial charge is 0.480 e. The predicted octanol–water partition coefficient (Wildman–Crippen LogP) is 2.14. The van der Waals surface area contributed by atoms with Crippen LogP contribution in [0.1, 0.15) is 15.9 Å². The molecule has 5 nitrogen and oxygen atoms in total. The number of aryl methyl sites for hydroxylation is 1. The third kappa shape index (κ3) is 4.79. The summed E-state index contributed by atoms with van der Waals surface area (Å²) in [6, 6.07) is 4.06. The molecule has 0 aliphatic carbocycles. The Bertz CT molecular complexity index is 516. The molecule has 0 saturated carbocycles. The fraction of sp³-hybridized carbons (Fsp3) is 0.286. The maximum absolute atomic E-state index is 12.1. The molecular formula is C14H16BrNO4. The van der Waals surface area contributed by atoms with Gasteiger partial charge in [-0.2, -0.15) is 0 Å². The first-order chi connectivity index (χ1) is 9.45. The van der Waals surface area contributed by atoms with Crippen LogP contribution in [0.25, 0.3) is 0 Å². The third-order valence-corrected chi connectivity index (χ3v) is 3.05. The van der Waals surface area contributed by atoms with Crippen molar-refractivity contribution < 1.29 is 19.4 Å². The summed E-state index contributed by atoms with van der Waals surface area (Å²) in [6.07, 6.45) is 1.51. The number of hydrogen-bond acceptors (Lipinski definition) is 3. The maximum atomic E-state index is 12.1. The van der Waals surface area contributed by atoms with Crippen molar-refractivity contribution in [1.82, 2.24) is 5.32 Å². The van der Waals surface area contributed by atoms with E-state index in [0.717, 1.165) is 10.0 Å². The quantitative estimate of drug-likeness (QED) is 0.588. The van der Waals surface area contributed by atoms with Gasteiger partial charge in [0.2, 0.25) is 0 Å². The monoisotopic (exact) mass is 341 g/mol. The zero-order chi connectivity index (χ0) is 15.1. The van der Waals surface area contributed by atoms with Gasteiger partial charge < -0.3 is 15.2 Å². The van der Waals surface area contributed by atoms with Gasteiger partial charge in [-0.15, -0.1) is 6.58 Å². The highest BCUT2D eigenvalue weighted by Crippen LogP contribution is 2.15. The van der Waals surface area contributed by atoms with Gasteiger partial charge in [0, 0.05) is 10.0 Å². The van der Waals surface area contributed by atoms with Crippen molar-refractivity contribution in [3.8, 4) is 0 Å². The highest BCUT2D eigenvalue weighted by atomic mass is 79.9. The topological polar surface area (TPSA) is 75.6 Å². The minimum Gasteiger partial charge on any atom is -0.480 e. The minimum atomic E-state index is -1.14. The average molecular weight is 342 g/mol. The number of carboxylic acids is 1. The fourth-order valence-electron chi connectivity index (χ4n) is 1.56. The summed E-state index contributed by atoms with van der Waals surface area (Å²) in [5.41, 5.74) is 1.19. The second-order valence-electron chi connectivity index (χ2n) is 4.15. The normalized spacial score (nSPS) is 11.7. The molecular weight excluding hydrogens is 326 g/mol. The number of carboxylic acid groups (broad SMARTS) is 1. The van der Waals surface area contributed by atoms with E-state index in [1.54, 1.807) is 25.1 Å². The highest BCUT2D eigenvalue weighted by molar-refractivity contribution is 9.10. The molecule has 0 radical (unpaired) electrons. The van der Waals surface area contributed by atoms with E-state index in [4.69, 9.17) is 9.84 Å². The van der Waals surface area contributed by atoms with Crippen LogP contribution in [0.15, 0.2) is 35.3 Å². The Labute approximate surface area is 125 Å². The molecule has 1 atom stereocenters. The number of amides is 1. The lowest BCUT2D eigenvalue weighted by Crippen LogP contribution is -2.44. The number of benzene rings is 1. The van der Waals surface area contributed by atoms with Gasteiger partial charge in [0.25, 0.3) is 5.91 Å². The van der Waals surface area contributed by atoms with Crippen LogP contribution in [-0.2, 0) is 9.53 Å². The summed E-state index contributed by atoms with van der Waals surface area (Å²) in [6.45, 7) is 5.37. The van der Waals surface area contributed by atoms with Crippen LogP contribution in [0.5, 0.6) is 0 Å². The first-order valence-corrected chi connectivity index (χ1v) is 6.73. The molecule has 0 aliphatic heterocycles. The Morgan fingerprint density at radius 3 is 2.80 bits per heavy atom. The molecule has 20 heavy (non-hydrogen) atoms. The van der Waals surface area contributed by atoms with Gasteiger partial charge in [-0.3, -0.25) is 4.79 Å². The van der Waals surface area contributed by atoms with Gasteiger partial charge in [0.1, 0.15) is 0 Å². The van der Waals surface area contributed by atoms with Crippen molar-refractivity contribution >= 4 is 27.8 Å². The number of aliphatic carboxylic acids is 1. The summed E-state index contributed by atoms with van der Waals surface area (Å²) in [7, 11) is 0. The lowest BCUT2D eigenvalue weighted by molar-refractivity contribution is -0.140. The lowest BCUT2D eigenvalue weighted by Gasteiger charge is -2.15. The molecule has 0 fully saturated rings. The van der Waals surface area contributed by atoms with Crippen molar-refractivity contribution in [2.45, 2.75) is 13.0 Å². The highest BCUT2D eigenvalue weighted by Gasteiger charge is 2.21. The van der Waals surface area contributed by atoms with Gasteiger partial charge in [0.15, 0.2) is 6.04 Å². The van der Waals surface area contributed by atoms with Crippen LogP contribution in [0.3, 0.4) is 0 Å². The SMILES string of the molecule is C=CCOCC(NC(=O)c1ccc(Br)cc1C)C(=O)O. The molecule has 1 amide bonds. The summed E-state index contributed by atoms with van der Waals surface area (Å²) in [5.74, 6) is -1.58. The predicted molar refractivity (Wildman–Crippen MR) is 78.8 cm³/mol. The Morgan fingerprint density at radius 1 is 1.55 bits per heavy atom. The molecule has 0 spiro atoms. The standard InChI is InChI=1S/C14H16BrNO4/c1-3-6-20-8-12(14(18)19)16-13(17)11-5-4-10(15)7-9(11)2/h3-5,7,12H,1,6,8H2,2H3,(H,16,17)(H,18,19). The van der Waals surface area contributed by atoms with E-state index < -0.39 is 17.9 Å². The summed E-state index contributed by atoms with van der Waals surface area (Å²) in [4.78, 5) is 23.1. The summed E-state index contributed by atoms with van der Waals surface area (Å²) in [5, 5.41) is 11.5. The van der Waals surface area contributed by atoms with Crippen molar-refractivity contribution in [1.29, 1.82) is 0 Å². The number of carbonyl (C=O) groups excluding carboxylic acids is 1. The van der Waals surface area contributed by atoms with Crippen molar-refractivity contribution in [2.24, 2.45) is 0 Å². The van der Waals surface area contributed by atoms with E-state index in [2.05, 4.69) is 27.8 Å². The van der Waals surface area contributed by atoms with Crippen LogP contribution in [-0.4, -0.2) is 36.2 Å². The summed E-state index contributed by atoms with van der Waals surface area (Å²) < 4.78 is 5.93. The Morgan fingerprint density at radius 2 is 2.25 bits per heavy atom. The second kappa shape index (κ2) is 7.81. The van der Waals surface area contributed by atoms with E-state index in [1.165, 1.54) is 6.08 Å².